The van der Waals surface area contributed by atoms with Gasteiger partial charge in [0.1, 0.15) is 5.57 Å². The summed E-state index contributed by atoms with van der Waals surface area (Å²) >= 11 is 0. The SMILES string of the molecule is CC(C)N(O)C=C1C=CC(=O)C(C(=O)O)=C1. The number of aliphatic carboxylic acids is 1. The fourth-order valence-corrected chi connectivity index (χ4v) is 1.10. The van der Waals surface area contributed by atoms with Crippen LogP contribution >= 0.6 is 0 Å². The summed E-state index contributed by atoms with van der Waals surface area (Å²) in [6.07, 6.45) is 5.23. The number of hydroxylamine groups is 2. The molecule has 5 nitrogen and oxygen atoms in total. The molecule has 0 aromatic rings. The standard InChI is InChI=1S/C11H13NO4/c1-7(2)12(16)6-8-3-4-10(13)9(5-8)11(14)15/h3-7,16H,1-2H3,(H,14,15). The first-order chi connectivity index (χ1) is 7.41. The van der Waals surface area contributed by atoms with Crippen molar-refractivity contribution in [3.05, 3.63) is 35.6 Å². The first kappa shape index (κ1) is 12.2. The van der Waals surface area contributed by atoms with E-state index in [1.165, 1.54) is 24.4 Å². The van der Waals surface area contributed by atoms with E-state index < -0.39 is 11.8 Å². The minimum Gasteiger partial charge on any atom is -0.478 e. The van der Waals surface area contributed by atoms with E-state index >= 15 is 0 Å². The number of hydrogen-bond donors (Lipinski definition) is 2. The van der Waals surface area contributed by atoms with Crippen molar-refractivity contribution in [2.75, 3.05) is 0 Å². The minimum absolute atomic E-state index is 0.125. The Hall–Kier alpha value is -1.88. The number of carboxylic acids is 1. The number of nitrogens with zero attached hydrogens (tertiary/aromatic N) is 1. The van der Waals surface area contributed by atoms with Crippen molar-refractivity contribution in [3.63, 3.8) is 0 Å². The van der Waals surface area contributed by atoms with E-state index in [0.717, 1.165) is 5.06 Å². The normalized spacial score (nSPS) is 17.9. The summed E-state index contributed by atoms with van der Waals surface area (Å²) in [5.41, 5.74) is 0.166. The van der Waals surface area contributed by atoms with Gasteiger partial charge in [-0.1, -0.05) is 0 Å². The Labute approximate surface area is 92.9 Å². The highest BCUT2D eigenvalue weighted by atomic mass is 16.5. The zero-order chi connectivity index (χ0) is 12.3. The summed E-state index contributed by atoms with van der Waals surface area (Å²) in [6, 6.07) is -0.125. The molecule has 0 bridgehead atoms. The molecule has 0 atom stereocenters. The molecule has 0 unspecified atom stereocenters. The minimum atomic E-state index is -1.27. The van der Waals surface area contributed by atoms with Crippen molar-refractivity contribution >= 4 is 11.8 Å². The topological polar surface area (TPSA) is 77.8 Å². The molecular weight excluding hydrogens is 210 g/mol. The molecular formula is C11H13NO4. The lowest BCUT2D eigenvalue weighted by molar-refractivity contribution is -0.134. The van der Waals surface area contributed by atoms with E-state index in [4.69, 9.17) is 5.11 Å². The number of carbonyl (C=O) groups is 2. The van der Waals surface area contributed by atoms with E-state index in [1.807, 2.05) is 0 Å². The van der Waals surface area contributed by atoms with Crippen LogP contribution < -0.4 is 0 Å². The third kappa shape index (κ3) is 2.80. The summed E-state index contributed by atoms with van der Waals surface area (Å²) in [4.78, 5) is 21.9. The molecule has 0 heterocycles. The number of allylic oxidation sites excluding steroid dienone is 4. The van der Waals surface area contributed by atoms with Crippen molar-refractivity contribution < 1.29 is 19.9 Å². The Kier molecular flexibility index (Phi) is 3.63. The van der Waals surface area contributed by atoms with Crippen LogP contribution in [0.25, 0.3) is 0 Å². The second kappa shape index (κ2) is 4.76. The Balaban J connectivity index is 2.97. The molecule has 0 radical (unpaired) electrons. The summed E-state index contributed by atoms with van der Waals surface area (Å²) in [5.74, 6) is -1.81. The molecule has 1 aliphatic carbocycles. The summed E-state index contributed by atoms with van der Waals surface area (Å²) < 4.78 is 0. The van der Waals surface area contributed by atoms with Crippen molar-refractivity contribution in [1.29, 1.82) is 0 Å². The fourth-order valence-electron chi connectivity index (χ4n) is 1.10. The molecule has 86 valence electrons. The predicted molar refractivity (Wildman–Crippen MR) is 56.7 cm³/mol. The Morgan fingerprint density at radius 1 is 1.44 bits per heavy atom. The number of rotatable bonds is 3. The molecule has 0 aromatic carbocycles. The molecule has 0 aromatic heterocycles. The molecule has 0 spiro atoms. The third-order valence-corrected chi connectivity index (χ3v) is 2.04. The summed E-state index contributed by atoms with van der Waals surface area (Å²) in [5, 5.41) is 19.1. The molecule has 1 aliphatic rings. The first-order valence-electron chi connectivity index (χ1n) is 4.78. The smallest absolute Gasteiger partial charge is 0.339 e. The number of carbonyl (C=O) groups excluding carboxylic acids is 1. The van der Waals surface area contributed by atoms with Crippen molar-refractivity contribution in [2.24, 2.45) is 0 Å². The average Bonchev–Trinajstić information content (AvgIpc) is 2.20. The quantitative estimate of drug-likeness (QED) is 0.553. The van der Waals surface area contributed by atoms with Gasteiger partial charge in [-0.3, -0.25) is 15.1 Å². The van der Waals surface area contributed by atoms with Crippen LogP contribution in [-0.4, -0.2) is 33.2 Å². The second-order valence-electron chi connectivity index (χ2n) is 3.66. The highest BCUT2D eigenvalue weighted by Gasteiger charge is 2.18. The van der Waals surface area contributed by atoms with E-state index in [1.54, 1.807) is 13.8 Å². The van der Waals surface area contributed by atoms with Crippen molar-refractivity contribution in [3.8, 4) is 0 Å². The van der Waals surface area contributed by atoms with Gasteiger partial charge in [0.2, 0.25) is 0 Å². The number of carboxylic acid groups (broad SMARTS) is 1. The van der Waals surface area contributed by atoms with Gasteiger partial charge in [-0.15, -0.1) is 0 Å². The molecule has 0 amide bonds. The van der Waals surface area contributed by atoms with Crippen LogP contribution in [0.5, 0.6) is 0 Å². The first-order valence-corrected chi connectivity index (χ1v) is 4.78. The van der Waals surface area contributed by atoms with Crippen LogP contribution in [0.15, 0.2) is 35.6 Å². The van der Waals surface area contributed by atoms with Gasteiger partial charge in [-0.2, -0.15) is 0 Å². The van der Waals surface area contributed by atoms with Crippen LogP contribution in [0.3, 0.4) is 0 Å². The van der Waals surface area contributed by atoms with Gasteiger partial charge in [0, 0.05) is 6.20 Å². The van der Waals surface area contributed by atoms with Crippen LogP contribution in [0.4, 0.5) is 0 Å². The van der Waals surface area contributed by atoms with Crippen molar-refractivity contribution in [2.45, 2.75) is 19.9 Å². The summed E-state index contributed by atoms with van der Waals surface area (Å²) in [6.45, 7) is 3.55. The van der Waals surface area contributed by atoms with Crippen molar-refractivity contribution in [1.82, 2.24) is 5.06 Å². The molecule has 1 rings (SSSR count). The Morgan fingerprint density at radius 3 is 2.56 bits per heavy atom. The van der Waals surface area contributed by atoms with Gasteiger partial charge in [-0.25, -0.2) is 4.79 Å². The lowest BCUT2D eigenvalue weighted by Gasteiger charge is -2.17. The van der Waals surface area contributed by atoms with Crippen LogP contribution in [0.2, 0.25) is 0 Å². The van der Waals surface area contributed by atoms with Gasteiger partial charge >= 0.3 is 5.97 Å². The van der Waals surface area contributed by atoms with Crippen LogP contribution in [0.1, 0.15) is 13.8 Å². The van der Waals surface area contributed by atoms with Gasteiger partial charge in [0.25, 0.3) is 0 Å². The molecule has 0 aliphatic heterocycles. The maximum absolute atomic E-state index is 11.2. The predicted octanol–water partition coefficient (Wildman–Crippen LogP) is 1.12. The molecule has 0 fully saturated rings. The highest BCUT2D eigenvalue weighted by Crippen LogP contribution is 2.14. The number of ketones is 1. The average molecular weight is 223 g/mol. The Morgan fingerprint density at radius 2 is 2.06 bits per heavy atom. The highest BCUT2D eigenvalue weighted by molar-refractivity contribution is 6.22. The molecule has 5 heteroatoms. The second-order valence-corrected chi connectivity index (χ2v) is 3.66. The zero-order valence-electron chi connectivity index (χ0n) is 9.04. The van der Waals surface area contributed by atoms with Gasteiger partial charge in [0.05, 0.1) is 6.04 Å². The van der Waals surface area contributed by atoms with Gasteiger partial charge in [-0.05, 0) is 37.6 Å². The van der Waals surface area contributed by atoms with Gasteiger partial charge in [0.15, 0.2) is 5.78 Å². The fraction of sp³-hybridized carbons (Fsp3) is 0.273. The van der Waals surface area contributed by atoms with E-state index in [-0.39, 0.29) is 11.6 Å². The third-order valence-electron chi connectivity index (χ3n) is 2.04. The number of hydrogen-bond acceptors (Lipinski definition) is 4. The van der Waals surface area contributed by atoms with E-state index in [9.17, 15) is 14.8 Å². The molecule has 16 heavy (non-hydrogen) atoms. The Bertz CT molecular complexity index is 404. The van der Waals surface area contributed by atoms with Gasteiger partial charge < -0.3 is 5.11 Å². The van der Waals surface area contributed by atoms with E-state index in [2.05, 4.69) is 0 Å². The summed E-state index contributed by atoms with van der Waals surface area (Å²) in [7, 11) is 0. The molecule has 2 N–H and O–H groups in total. The lowest BCUT2D eigenvalue weighted by Crippen LogP contribution is -2.21. The maximum atomic E-state index is 11.2. The van der Waals surface area contributed by atoms with Crippen LogP contribution in [-0.2, 0) is 9.59 Å². The maximum Gasteiger partial charge on any atom is 0.339 e. The molecule has 0 saturated carbocycles. The van der Waals surface area contributed by atoms with E-state index in [0.29, 0.717) is 5.57 Å². The molecule has 0 saturated heterocycles. The lowest BCUT2D eigenvalue weighted by atomic mass is 10.0. The van der Waals surface area contributed by atoms with Crippen LogP contribution in [0, 0.1) is 0 Å². The zero-order valence-corrected chi connectivity index (χ0v) is 9.04. The largest absolute Gasteiger partial charge is 0.478 e. The monoisotopic (exact) mass is 223 g/mol.